The smallest absolute Gasteiger partial charge is 0.325 e. The van der Waals surface area contributed by atoms with Crippen molar-refractivity contribution in [3.05, 3.63) is 77.9 Å². The van der Waals surface area contributed by atoms with Gasteiger partial charge in [-0.2, -0.15) is 0 Å². The highest BCUT2D eigenvalue weighted by molar-refractivity contribution is 6.07. The molecule has 0 unspecified atom stereocenters. The van der Waals surface area contributed by atoms with E-state index in [1.54, 1.807) is 43.5 Å². The highest BCUT2D eigenvalue weighted by Crippen LogP contribution is 2.42. The number of hydrogen-bond acceptors (Lipinski definition) is 7. The fourth-order valence-electron chi connectivity index (χ4n) is 4.76. The van der Waals surface area contributed by atoms with E-state index in [9.17, 15) is 28.7 Å². The van der Waals surface area contributed by atoms with Crippen LogP contribution >= 0.6 is 0 Å². The number of nitrogens with one attached hydrogen (secondary N) is 1. The van der Waals surface area contributed by atoms with Crippen LogP contribution in [-0.4, -0.2) is 58.7 Å². The number of ether oxygens (including phenoxy) is 2. The van der Waals surface area contributed by atoms with Gasteiger partial charge >= 0.3 is 11.9 Å². The number of rotatable bonds is 12. The average Bonchev–Trinajstić information content (AvgIpc) is 3.30. The van der Waals surface area contributed by atoms with E-state index in [1.807, 2.05) is 44.2 Å². The van der Waals surface area contributed by atoms with Crippen LogP contribution < -0.4 is 5.32 Å². The van der Waals surface area contributed by atoms with E-state index in [4.69, 9.17) is 4.74 Å². The number of aliphatic hydroxyl groups excluding tert-OH is 1. The zero-order valence-corrected chi connectivity index (χ0v) is 25.8. The molecule has 9 nitrogen and oxygen atoms in total. The Morgan fingerprint density at radius 3 is 2.11 bits per heavy atom. The van der Waals surface area contributed by atoms with E-state index in [1.165, 1.54) is 25.3 Å². The molecule has 234 valence electrons. The molecule has 2 aromatic carbocycles. The van der Waals surface area contributed by atoms with E-state index in [-0.39, 0.29) is 31.1 Å². The van der Waals surface area contributed by atoms with Crippen molar-refractivity contribution in [3.8, 4) is 22.3 Å². The normalized spacial score (nSPS) is 12.3. The summed E-state index contributed by atoms with van der Waals surface area (Å²) >= 11 is 0. The Hall–Kier alpha value is -4.57. The van der Waals surface area contributed by atoms with Crippen molar-refractivity contribution < 1.29 is 38.1 Å². The molecule has 3 aromatic rings. The van der Waals surface area contributed by atoms with Crippen LogP contribution in [0, 0.1) is 5.82 Å². The molecule has 0 radical (unpaired) electrons. The van der Waals surface area contributed by atoms with Gasteiger partial charge in [-0.05, 0) is 70.0 Å². The quantitative estimate of drug-likeness (QED) is 0.206. The second-order valence-electron chi connectivity index (χ2n) is 11.5. The Kier molecular flexibility index (Phi) is 11.4. The predicted molar refractivity (Wildman–Crippen MR) is 165 cm³/mol. The van der Waals surface area contributed by atoms with Crippen molar-refractivity contribution >= 4 is 29.7 Å². The summed E-state index contributed by atoms with van der Waals surface area (Å²) in [6.07, 6.45) is 0.928. The SMILES string of the molecule is COC(=O)C[C@H](O)CC(=O)/C=C/c1c(-c2ccc(F)cc2)c(-c2ccccc2)c(C(=O)NCC(=O)OC(C)(C)C)n1C(C)C. The third kappa shape index (κ3) is 8.97. The Morgan fingerprint density at radius 2 is 1.55 bits per heavy atom. The number of nitrogens with zero attached hydrogens (tertiary/aromatic N) is 1. The van der Waals surface area contributed by atoms with Gasteiger partial charge < -0.3 is 24.5 Å². The zero-order valence-electron chi connectivity index (χ0n) is 25.8. The molecule has 0 spiro atoms. The second-order valence-corrected chi connectivity index (χ2v) is 11.5. The summed E-state index contributed by atoms with van der Waals surface area (Å²) < 4.78 is 25.7. The highest BCUT2D eigenvalue weighted by atomic mass is 19.1. The number of hydrogen-bond donors (Lipinski definition) is 2. The fourth-order valence-corrected chi connectivity index (χ4v) is 4.76. The van der Waals surface area contributed by atoms with Crippen molar-refractivity contribution in [2.24, 2.45) is 0 Å². The number of methoxy groups -OCH3 is 1. The molecular formula is C34H39FN2O7. The topological polar surface area (TPSA) is 124 Å². The summed E-state index contributed by atoms with van der Waals surface area (Å²) in [5.74, 6) is -2.70. The van der Waals surface area contributed by atoms with Gasteiger partial charge in [-0.1, -0.05) is 42.5 Å². The molecule has 2 N–H and O–H groups in total. The summed E-state index contributed by atoms with van der Waals surface area (Å²) in [5, 5.41) is 12.9. The number of aromatic nitrogens is 1. The van der Waals surface area contributed by atoms with Crippen LogP contribution in [0.4, 0.5) is 4.39 Å². The minimum Gasteiger partial charge on any atom is -0.469 e. The number of halogens is 1. The van der Waals surface area contributed by atoms with Crippen molar-refractivity contribution in [1.29, 1.82) is 0 Å². The molecule has 0 bridgehead atoms. The maximum absolute atomic E-state index is 14.0. The first-order valence-corrected chi connectivity index (χ1v) is 14.3. The molecule has 1 amide bonds. The fraction of sp³-hybridized carbons (Fsp3) is 0.353. The number of carbonyl (C=O) groups is 4. The molecular weight excluding hydrogens is 567 g/mol. The molecule has 10 heteroatoms. The van der Waals surface area contributed by atoms with Crippen LogP contribution in [0.1, 0.15) is 69.7 Å². The molecule has 0 aliphatic rings. The average molecular weight is 607 g/mol. The van der Waals surface area contributed by atoms with E-state index >= 15 is 0 Å². The summed E-state index contributed by atoms with van der Waals surface area (Å²) in [4.78, 5) is 50.8. The van der Waals surface area contributed by atoms with Crippen molar-refractivity contribution in [2.75, 3.05) is 13.7 Å². The lowest BCUT2D eigenvalue weighted by atomic mass is 9.94. The van der Waals surface area contributed by atoms with Crippen LogP contribution in [-0.2, 0) is 23.9 Å². The molecule has 0 saturated heterocycles. The standard InChI is InChI=1S/C34H39FN2O7/c1-21(2)37-27(17-16-25(38)18-26(39)19-28(40)43-6)30(23-12-14-24(35)15-13-23)31(22-10-8-7-9-11-22)32(37)33(42)36-20-29(41)44-34(3,4)5/h7-17,21,26,39H,18-20H2,1-6H3,(H,36,42)/b17-16+/t26-/m1/s1. The molecule has 1 aromatic heterocycles. The largest absolute Gasteiger partial charge is 0.469 e. The van der Waals surface area contributed by atoms with E-state index in [2.05, 4.69) is 10.1 Å². The van der Waals surface area contributed by atoms with Gasteiger partial charge in [0.1, 0.15) is 23.7 Å². The van der Waals surface area contributed by atoms with Crippen molar-refractivity contribution in [3.63, 3.8) is 0 Å². The van der Waals surface area contributed by atoms with E-state index in [0.717, 1.165) is 0 Å². The maximum atomic E-state index is 14.0. The van der Waals surface area contributed by atoms with Gasteiger partial charge in [0.2, 0.25) is 0 Å². The number of benzene rings is 2. The van der Waals surface area contributed by atoms with Gasteiger partial charge in [0.25, 0.3) is 5.91 Å². The predicted octanol–water partition coefficient (Wildman–Crippen LogP) is 5.51. The maximum Gasteiger partial charge on any atom is 0.325 e. The van der Waals surface area contributed by atoms with Gasteiger partial charge in [-0.25, -0.2) is 4.39 Å². The molecule has 0 aliphatic carbocycles. The first kappa shape index (κ1) is 33.9. The van der Waals surface area contributed by atoms with Gasteiger partial charge in [-0.15, -0.1) is 0 Å². The minimum atomic E-state index is -1.23. The van der Waals surface area contributed by atoms with Gasteiger partial charge in [-0.3, -0.25) is 19.2 Å². The Labute approximate surface area is 256 Å². The molecule has 0 fully saturated rings. The number of esters is 2. The van der Waals surface area contributed by atoms with Crippen LogP contribution in [0.5, 0.6) is 0 Å². The van der Waals surface area contributed by atoms with Crippen LogP contribution in [0.3, 0.4) is 0 Å². The van der Waals surface area contributed by atoms with Crippen molar-refractivity contribution in [2.45, 2.75) is 65.2 Å². The third-order valence-electron chi connectivity index (χ3n) is 6.48. The van der Waals surface area contributed by atoms with E-state index in [0.29, 0.717) is 27.9 Å². The monoisotopic (exact) mass is 606 g/mol. The lowest BCUT2D eigenvalue weighted by Gasteiger charge is -2.20. The molecule has 0 saturated carbocycles. The van der Waals surface area contributed by atoms with Gasteiger partial charge in [0.05, 0.1) is 25.3 Å². The Bertz CT molecular complexity index is 1520. The number of ketones is 1. The number of allylic oxidation sites excluding steroid dienone is 1. The molecule has 0 aliphatic heterocycles. The first-order chi connectivity index (χ1) is 20.7. The summed E-state index contributed by atoms with van der Waals surface area (Å²) in [7, 11) is 1.19. The molecule has 3 rings (SSSR count). The summed E-state index contributed by atoms with van der Waals surface area (Å²) in [6, 6.07) is 14.6. The zero-order chi connectivity index (χ0) is 32.6. The summed E-state index contributed by atoms with van der Waals surface area (Å²) in [6.45, 7) is 8.55. The third-order valence-corrected chi connectivity index (χ3v) is 6.48. The van der Waals surface area contributed by atoms with Gasteiger partial charge in [0, 0.05) is 23.6 Å². The lowest BCUT2D eigenvalue weighted by molar-refractivity contribution is -0.153. The van der Waals surface area contributed by atoms with Crippen LogP contribution in [0.25, 0.3) is 28.3 Å². The van der Waals surface area contributed by atoms with Crippen LogP contribution in [0.2, 0.25) is 0 Å². The number of amides is 1. The summed E-state index contributed by atoms with van der Waals surface area (Å²) in [5.41, 5.74) is 2.32. The van der Waals surface area contributed by atoms with Crippen LogP contribution in [0.15, 0.2) is 60.7 Å². The molecule has 44 heavy (non-hydrogen) atoms. The highest BCUT2D eigenvalue weighted by Gasteiger charge is 2.30. The number of carbonyl (C=O) groups excluding carboxylic acids is 4. The molecule has 1 heterocycles. The Morgan fingerprint density at radius 1 is 0.932 bits per heavy atom. The lowest BCUT2D eigenvalue weighted by Crippen LogP contribution is -2.35. The first-order valence-electron chi connectivity index (χ1n) is 14.3. The Balaban J connectivity index is 2.22. The second kappa shape index (κ2) is 14.7. The minimum absolute atomic E-state index is 0.229. The van der Waals surface area contributed by atoms with E-state index < -0.39 is 41.2 Å². The van der Waals surface area contributed by atoms with Gasteiger partial charge in [0.15, 0.2) is 5.78 Å². The number of aliphatic hydroxyl groups is 1. The van der Waals surface area contributed by atoms with Crippen molar-refractivity contribution in [1.82, 2.24) is 9.88 Å². The molecule has 1 atom stereocenters.